The van der Waals surface area contributed by atoms with Gasteiger partial charge in [0.1, 0.15) is 0 Å². The largest absolute Gasteiger partial charge is 0.149 e. The Labute approximate surface area is 93.2 Å². The highest BCUT2D eigenvalue weighted by Gasteiger charge is 2.06. The number of rotatable bonds is 1. The molecular formula is C12H11ClS. The third-order valence-corrected chi connectivity index (χ3v) is 3.43. The van der Waals surface area contributed by atoms with Crippen LogP contribution in [0.2, 0.25) is 5.02 Å². The highest BCUT2D eigenvalue weighted by molar-refractivity contribution is 7.10. The number of benzene rings is 1. The summed E-state index contributed by atoms with van der Waals surface area (Å²) in [5.41, 5.74) is 3.82. The molecule has 0 radical (unpaired) electrons. The lowest BCUT2D eigenvalue weighted by Gasteiger charge is -2.05. The van der Waals surface area contributed by atoms with Gasteiger partial charge in [-0.15, -0.1) is 11.3 Å². The van der Waals surface area contributed by atoms with Crippen LogP contribution in [-0.4, -0.2) is 0 Å². The normalized spacial score (nSPS) is 10.5. The summed E-state index contributed by atoms with van der Waals surface area (Å²) in [6.07, 6.45) is 0. The molecule has 1 aromatic carbocycles. The lowest BCUT2D eigenvalue weighted by molar-refractivity contribution is 1.45. The number of thiophene rings is 1. The van der Waals surface area contributed by atoms with Gasteiger partial charge in [-0.05, 0) is 54.1 Å². The topological polar surface area (TPSA) is 0 Å². The van der Waals surface area contributed by atoms with E-state index < -0.39 is 0 Å². The van der Waals surface area contributed by atoms with Gasteiger partial charge in [0.15, 0.2) is 0 Å². The zero-order valence-corrected chi connectivity index (χ0v) is 9.75. The molecule has 0 N–H and O–H groups in total. The highest BCUT2D eigenvalue weighted by Crippen LogP contribution is 2.31. The Balaban J connectivity index is 2.62. The summed E-state index contributed by atoms with van der Waals surface area (Å²) in [6.45, 7) is 4.25. The van der Waals surface area contributed by atoms with Crippen LogP contribution in [0, 0.1) is 13.8 Å². The third-order valence-electron chi connectivity index (χ3n) is 2.35. The number of aryl methyl sites for hydroxylation is 2. The summed E-state index contributed by atoms with van der Waals surface area (Å²) in [7, 11) is 0. The average molecular weight is 223 g/mol. The molecule has 0 fully saturated rings. The van der Waals surface area contributed by atoms with Crippen molar-refractivity contribution in [2.75, 3.05) is 0 Å². The second kappa shape index (κ2) is 3.76. The molecule has 0 atom stereocenters. The fourth-order valence-corrected chi connectivity index (χ4v) is 2.43. The predicted molar refractivity (Wildman–Crippen MR) is 64.2 cm³/mol. The maximum absolute atomic E-state index is 5.99. The van der Waals surface area contributed by atoms with Crippen molar-refractivity contribution in [3.05, 3.63) is 45.1 Å². The molecule has 1 aromatic heterocycles. The van der Waals surface area contributed by atoms with Crippen molar-refractivity contribution in [1.82, 2.24) is 0 Å². The molecule has 0 bridgehead atoms. The van der Waals surface area contributed by atoms with Crippen molar-refractivity contribution in [1.29, 1.82) is 0 Å². The van der Waals surface area contributed by atoms with Crippen LogP contribution in [0.25, 0.3) is 11.1 Å². The Kier molecular flexibility index (Phi) is 2.62. The number of hydrogen-bond donors (Lipinski definition) is 0. The summed E-state index contributed by atoms with van der Waals surface area (Å²) in [4.78, 5) is 1.34. The van der Waals surface area contributed by atoms with Crippen molar-refractivity contribution in [2.24, 2.45) is 0 Å². The standard InChI is InChI=1S/C12H11ClS/c1-8-3-4-10(13)7-12(8)11-5-6-14-9(11)2/h3-7H,1-2H3. The summed E-state index contributed by atoms with van der Waals surface area (Å²) in [5.74, 6) is 0. The van der Waals surface area contributed by atoms with Gasteiger partial charge in [-0.1, -0.05) is 17.7 Å². The molecule has 0 amide bonds. The van der Waals surface area contributed by atoms with Gasteiger partial charge in [-0.25, -0.2) is 0 Å². The van der Waals surface area contributed by atoms with Crippen LogP contribution >= 0.6 is 22.9 Å². The molecule has 0 nitrogen and oxygen atoms in total. The lowest BCUT2D eigenvalue weighted by atomic mass is 10.0. The molecule has 14 heavy (non-hydrogen) atoms. The molecule has 2 rings (SSSR count). The van der Waals surface area contributed by atoms with E-state index in [1.54, 1.807) is 11.3 Å². The summed E-state index contributed by atoms with van der Waals surface area (Å²) < 4.78 is 0. The zero-order chi connectivity index (χ0) is 10.1. The minimum Gasteiger partial charge on any atom is -0.149 e. The van der Waals surface area contributed by atoms with Crippen LogP contribution in [0.1, 0.15) is 10.4 Å². The number of hydrogen-bond acceptors (Lipinski definition) is 1. The van der Waals surface area contributed by atoms with Gasteiger partial charge in [0, 0.05) is 9.90 Å². The van der Waals surface area contributed by atoms with E-state index >= 15 is 0 Å². The van der Waals surface area contributed by atoms with Gasteiger partial charge < -0.3 is 0 Å². The highest BCUT2D eigenvalue weighted by atomic mass is 35.5. The minimum atomic E-state index is 0.802. The molecule has 1 heterocycles. The van der Waals surface area contributed by atoms with Crippen molar-refractivity contribution >= 4 is 22.9 Å². The Morgan fingerprint density at radius 1 is 1.07 bits per heavy atom. The molecule has 0 saturated heterocycles. The number of halogens is 1. The van der Waals surface area contributed by atoms with Crippen molar-refractivity contribution < 1.29 is 0 Å². The first kappa shape index (κ1) is 9.75. The zero-order valence-electron chi connectivity index (χ0n) is 8.17. The van der Waals surface area contributed by atoms with E-state index in [4.69, 9.17) is 11.6 Å². The Bertz CT molecular complexity index is 457. The molecule has 0 aliphatic carbocycles. The van der Waals surface area contributed by atoms with E-state index in [1.807, 2.05) is 12.1 Å². The first-order chi connectivity index (χ1) is 6.68. The van der Waals surface area contributed by atoms with Crippen LogP contribution in [0.5, 0.6) is 0 Å². The van der Waals surface area contributed by atoms with Gasteiger partial charge in [-0.2, -0.15) is 0 Å². The van der Waals surface area contributed by atoms with Crippen LogP contribution in [-0.2, 0) is 0 Å². The molecule has 72 valence electrons. The van der Waals surface area contributed by atoms with E-state index in [2.05, 4.69) is 31.4 Å². The van der Waals surface area contributed by atoms with Gasteiger partial charge in [0.05, 0.1) is 0 Å². The van der Waals surface area contributed by atoms with Gasteiger partial charge >= 0.3 is 0 Å². The first-order valence-corrected chi connectivity index (χ1v) is 5.75. The second-order valence-electron chi connectivity index (χ2n) is 3.35. The smallest absolute Gasteiger partial charge is 0.0412 e. The molecule has 2 aromatic rings. The summed E-state index contributed by atoms with van der Waals surface area (Å²) >= 11 is 7.76. The van der Waals surface area contributed by atoms with E-state index in [0.717, 1.165) is 5.02 Å². The first-order valence-electron chi connectivity index (χ1n) is 4.49. The van der Waals surface area contributed by atoms with Gasteiger partial charge in [0.25, 0.3) is 0 Å². The maximum atomic E-state index is 5.99. The van der Waals surface area contributed by atoms with Crippen molar-refractivity contribution in [3.8, 4) is 11.1 Å². The minimum absolute atomic E-state index is 0.802. The van der Waals surface area contributed by atoms with Crippen LogP contribution < -0.4 is 0 Å². The molecule has 0 unspecified atom stereocenters. The fourth-order valence-electron chi connectivity index (χ4n) is 1.55. The molecule has 0 aliphatic heterocycles. The molecule has 0 spiro atoms. The second-order valence-corrected chi connectivity index (χ2v) is 4.91. The summed E-state index contributed by atoms with van der Waals surface area (Å²) in [6, 6.07) is 8.18. The molecular weight excluding hydrogens is 212 g/mol. The van der Waals surface area contributed by atoms with Crippen molar-refractivity contribution in [2.45, 2.75) is 13.8 Å². The fraction of sp³-hybridized carbons (Fsp3) is 0.167. The SMILES string of the molecule is Cc1ccc(Cl)cc1-c1ccsc1C. The molecule has 2 heteroatoms. The Morgan fingerprint density at radius 2 is 1.86 bits per heavy atom. The van der Waals surface area contributed by atoms with E-state index in [-0.39, 0.29) is 0 Å². The monoisotopic (exact) mass is 222 g/mol. The lowest BCUT2D eigenvalue weighted by Crippen LogP contribution is -1.82. The Hall–Kier alpha value is -0.790. The summed E-state index contributed by atoms with van der Waals surface area (Å²) in [5, 5.41) is 2.92. The van der Waals surface area contributed by atoms with Crippen LogP contribution in [0.3, 0.4) is 0 Å². The van der Waals surface area contributed by atoms with Crippen molar-refractivity contribution in [3.63, 3.8) is 0 Å². The van der Waals surface area contributed by atoms with E-state index in [9.17, 15) is 0 Å². The average Bonchev–Trinajstić information content (AvgIpc) is 2.56. The predicted octanol–water partition coefficient (Wildman–Crippen LogP) is 4.69. The quantitative estimate of drug-likeness (QED) is 0.657. The van der Waals surface area contributed by atoms with Gasteiger partial charge in [-0.3, -0.25) is 0 Å². The third kappa shape index (κ3) is 1.70. The van der Waals surface area contributed by atoms with Gasteiger partial charge in [0.2, 0.25) is 0 Å². The van der Waals surface area contributed by atoms with Crippen LogP contribution in [0.4, 0.5) is 0 Å². The Morgan fingerprint density at radius 3 is 2.50 bits per heavy atom. The maximum Gasteiger partial charge on any atom is 0.0412 e. The van der Waals surface area contributed by atoms with E-state index in [0.29, 0.717) is 0 Å². The van der Waals surface area contributed by atoms with Crippen LogP contribution in [0.15, 0.2) is 29.6 Å². The molecule has 0 saturated carbocycles. The van der Waals surface area contributed by atoms with E-state index in [1.165, 1.54) is 21.6 Å². The molecule has 0 aliphatic rings.